The normalized spacial score (nSPS) is 16.2. The fourth-order valence-electron chi connectivity index (χ4n) is 2.31. The predicted octanol–water partition coefficient (Wildman–Crippen LogP) is 1.66. The second-order valence-electron chi connectivity index (χ2n) is 5.61. The number of carboxylic acids is 1. The number of rotatable bonds is 6. The zero-order chi connectivity index (χ0) is 20.5. The van der Waals surface area contributed by atoms with Crippen molar-refractivity contribution in [1.29, 1.82) is 0 Å². The number of aliphatic carboxylic acids is 1. The molecule has 1 aliphatic rings. The van der Waals surface area contributed by atoms with Crippen LogP contribution in [0.5, 0.6) is 0 Å². The van der Waals surface area contributed by atoms with Crippen LogP contribution in [0.1, 0.15) is 12.2 Å². The number of furan rings is 1. The van der Waals surface area contributed by atoms with Crippen molar-refractivity contribution in [3.63, 3.8) is 0 Å². The average Bonchev–Trinajstić information content (AvgIpc) is 3.18. The minimum absolute atomic E-state index is 0.00279. The van der Waals surface area contributed by atoms with Gasteiger partial charge >= 0.3 is 5.97 Å². The molecule has 3 N–H and O–H groups in total. The monoisotopic (exact) mass is 439 g/mol. The van der Waals surface area contributed by atoms with E-state index in [1.807, 2.05) is 0 Å². The summed E-state index contributed by atoms with van der Waals surface area (Å²) in [4.78, 5) is 28.4. The highest BCUT2D eigenvalue weighted by molar-refractivity contribution is 8.26. The van der Waals surface area contributed by atoms with Crippen molar-refractivity contribution in [3.8, 4) is 11.3 Å². The first-order valence-electron chi connectivity index (χ1n) is 7.71. The fourth-order valence-corrected chi connectivity index (χ4v) is 4.06. The molecular weight excluding hydrogens is 426 g/mol. The summed E-state index contributed by atoms with van der Waals surface area (Å²) in [5.41, 5.74) is 0.529. The molecule has 0 saturated carbocycles. The second-order valence-corrected chi connectivity index (χ2v) is 8.79. The molecule has 2 aromatic heterocycles. The smallest absolute Gasteiger partial charge is 0.305 e. The summed E-state index contributed by atoms with van der Waals surface area (Å²) in [6.07, 6.45) is 2.62. The first-order valence-corrected chi connectivity index (χ1v) is 10.5. The third-order valence-electron chi connectivity index (χ3n) is 3.64. The summed E-state index contributed by atoms with van der Waals surface area (Å²) in [7, 11) is -3.88. The minimum atomic E-state index is -3.88. The molecule has 3 heterocycles. The highest BCUT2D eigenvalue weighted by atomic mass is 32.2. The Morgan fingerprint density at radius 3 is 2.71 bits per heavy atom. The van der Waals surface area contributed by atoms with Gasteiger partial charge in [0.05, 0.1) is 11.3 Å². The third-order valence-corrected chi connectivity index (χ3v) is 5.84. The molecule has 1 amide bonds. The number of thiocarbonyl (C=S) groups is 1. The van der Waals surface area contributed by atoms with Crippen LogP contribution in [0.4, 0.5) is 0 Å². The fraction of sp³-hybridized carbons (Fsp3) is 0.125. The molecule has 28 heavy (non-hydrogen) atoms. The van der Waals surface area contributed by atoms with Crippen LogP contribution >= 0.6 is 24.0 Å². The van der Waals surface area contributed by atoms with E-state index in [-0.39, 0.29) is 28.2 Å². The predicted molar refractivity (Wildman–Crippen MR) is 105 cm³/mol. The van der Waals surface area contributed by atoms with Gasteiger partial charge in [-0.25, -0.2) is 18.5 Å². The molecule has 0 unspecified atom stereocenters. The number of primary sulfonamides is 1. The molecule has 12 heteroatoms. The Hall–Kier alpha value is -2.54. The summed E-state index contributed by atoms with van der Waals surface area (Å²) >= 11 is 6.18. The maximum atomic E-state index is 12.4. The number of pyridine rings is 1. The highest BCUT2D eigenvalue weighted by Gasteiger charge is 2.32. The zero-order valence-electron chi connectivity index (χ0n) is 14.1. The Morgan fingerprint density at radius 1 is 1.36 bits per heavy atom. The van der Waals surface area contributed by atoms with Crippen LogP contribution in [0.3, 0.4) is 0 Å². The topological polar surface area (TPSA) is 144 Å². The molecule has 1 aliphatic heterocycles. The third kappa shape index (κ3) is 4.47. The van der Waals surface area contributed by atoms with E-state index < -0.39 is 16.0 Å². The lowest BCUT2D eigenvalue weighted by atomic mass is 10.2. The lowest BCUT2D eigenvalue weighted by molar-refractivity contribution is -0.137. The molecule has 0 spiro atoms. The van der Waals surface area contributed by atoms with Gasteiger partial charge in [-0.15, -0.1) is 0 Å². The lowest BCUT2D eigenvalue weighted by Crippen LogP contribution is -2.30. The number of carbonyl (C=O) groups excluding carboxylic acids is 1. The summed E-state index contributed by atoms with van der Waals surface area (Å²) in [5.74, 6) is -0.602. The van der Waals surface area contributed by atoms with Crippen LogP contribution in [-0.4, -0.2) is 46.1 Å². The molecule has 9 nitrogen and oxygen atoms in total. The van der Waals surface area contributed by atoms with Crippen LogP contribution in [0.2, 0.25) is 0 Å². The van der Waals surface area contributed by atoms with Crippen molar-refractivity contribution in [3.05, 3.63) is 41.1 Å². The van der Waals surface area contributed by atoms with E-state index in [2.05, 4.69) is 4.98 Å². The van der Waals surface area contributed by atoms with E-state index in [0.29, 0.717) is 22.0 Å². The SMILES string of the molecule is NS(=O)(=O)c1ccc(-c2ccc(/C=C3/SC(=S)N(CCC(=O)O)C3=O)o2)cn1. The molecule has 2 aromatic rings. The Kier molecular flexibility index (Phi) is 5.65. The van der Waals surface area contributed by atoms with Gasteiger partial charge in [0, 0.05) is 24.4 Å². The Bertz CT molecular complexity index is 1090. The number of nitrogens with two attached hydrogens (primary N) is 1. The molecule has 3 rings (SSSR count). The maximum Gasteiger partial charge on any atom is 0.305 e. The van der Waals surface area contributed by atoms with E-state index in [4.69, 9.17) is 26.9 Å². The van der Waals surface area contributed by atoms with Gasteiger partial charge in [0.2, 0.25) is 0 Å². The van der Waals surface area contributed by atoms with Gasteiger partial charge in [0.1, 0.15) is 15.8 Å². The minimum Gasteiger partial charge on any atom is -0.481 e. The van der Waals surface area contributed by atoms with Gasteiger partial charge in [0.25, 0.3) is 15.9 Å². The van der Waals surface area contributed by atoms with Gasteiger partial charge in [0.15, 0.2) is 5.03 Å². The molecule has 0 atom stereocenters. The number of sulfonamides is 1. The van der Waals surface area contributed by atoms with Gasteiger partial charge in [-0.2, -0.15) is 0 Å². The van der Waals surface area contributed by atoms with E-state index in [9.17, 15) is 18.0 Å². The standard InChI is InChI=1S/C16H13N3O6S3/c17-28(23,24)13-4-1-9(8-18-13)11-3-2-10(25-11)7-12-15(22)19(16(26)27-12)6-5-14(20)21/h1-4,7-8H,5-6H2,(H,20,21)(H2,17,23,24)/b12-7+. The van der Waals surface area contributed by atoms with Crippen LogP contribution < -0.4 is 5.14 Å². The van der Waals surface area contributed by atoms with Crippen molar-refractivity contribution in [2.24, 2.45) is 5.14 Å². The van der Waals surface area contributed by atoms with Crippen molar-refractivity contribution >= 4 is 56.3 Å². The van der Waals surface area contributed by atoms with E-state index in [1.54, 1.807) is 12.1 Å². The van der Waals surface area contributed by atoms with Crippen molar-refractivity contribution < 1.29 is 27.5 Å². The maximum absolute atomic E-state index is 12.4. The first-order chi connectivity index (χ1) is 13.1. The van der Waals surface area contributed by atoms with E-state index >= 15 is 0 Å². The Morgan fingerprint density at radius 2 is 2.11 bits per heavy atom. The Labute approximate surface area is 169 Å². The average molecular weight is 439 g/mol. The summed E-state index contributed by atoms with van der Waals surface area (Å²) in [5, 5.41) is 13.5. The lowest BCUT2D eigenvalue weighted by Gasteiger charge is -2.12. The number of hydrogen-bond donors (Lipinski definition) is 2. The van der Waals surface area contributed by atoms with E-state index in [1.165, 1.54) is 29.3 Å². The van der Waals surface area contributed by atoms with Crippen LogP contribution in [-0.2, 0) is 19.6 Å². The van der Waals surface area contributed by atoms with E-state index in [0.717, 1.165) is 11.8 Å². The number of aromatic nitrogens is 1. The quantitative estimate of drug-likeness (QED) is 0.507. The number of hydrogen-bond acceptors (Lipinski definition) is 8. The summed E-state index contributed by atoms with van der Waals surface area (Å²) in [6, 6.07) is 6.04. The molecular formula is C16H13N3O6S3. The first kappa shape index (κ1) is 20.2. The number of nitrogens with zero attached hydrogens (tertiary/aromatic N) is 2. The number of carboxylic acid groups (broad SMARTS) is 1. The molecule has 1 fully saturated rings. The number of carbonyl (C=O) groups is 2. The van der Waals surface area contributed by atoms with Crippen molar-refractivity contribution in [1.82, 2.24) is 9.88 Å². The molecule has 0 bridgehead atoms. The van der Waals surface area contributed by atoms with Crippen LogP contribution in [0.15, 0.2) is 44.8 Å². The Balaban J connectivity index is 1.78. The highest BCUT2D eigenvalue weighted by Crippen LogP contribution is 2.33. The van der Waals surface area contributed by atoms with Gasteiger partial charge in [-0.3, -0.25) is 14.5 Å². The van der Waals surface area contributed by atoms with Gasteiger partial charge in [-0.1, -0.05) is 24.0 Å². The summed E-state index contributed by atoms with van der Waals surface area (Å²) in [6.45, 7) is 0.00279. The molecule has 1 saturated heterocycles. The largest absolute Gasteiger partial charge is 0.481 e. The van der Waals surface area contributed by atoms with Crippen LogP contribution in [0.25, 0.3) is 17.4 Å². The second kappa shape index (κ2) is 7.83. The van der Waals surface area contributed by atoms with Crippen molar-refractivity contribution in [2.75, 3.05) is 6.54 Å². The molecule has 0 radical (unpaired) electrons. The van der Waals surface area contributed by atoms with Crippen LogP contribution in [0, 0.1) is 0 Å². The number of amides is 1. The molecule has 0 aliphatic carbocycles. The molecule has 0 aromatic carbocycles. The van der Waals surface area contributed by atoms with Gasteiger partial charge in [-0.05, 0) is 24.3 Å². The molecule has 146 valence electrons. The van der Waals surface area contributed by atoms with Gasteiger partial charge < -0.3 is 9.52 Å². The summed E-state index contributed by atoms with van der Waals surface area (Å²) < 4.78 is 28.4. The number of thioether (sulfide) groups is 1. The van der Waals surface area contributed by atoms with Crippen molar-refractivity contribution in [2.45, 2.75) is 11.4 Å². The zero-order valence-corrected chi connectivity index (χ0v) is 16.5.